The molecule has 1 amide bonds. The third kappa shape index (κ3) is 5.19. The molecule has 13 heavy (non-hydrogen) atoms. The predicted octanol–water partition coefficient (Wildman–Crippen LogP) is -0.297. The van der Waals surface area contributed by atoms with Crippen molar-refractivity contribution >= 4 is 11.9 Å². The molecule has 0 fully saturated rings. The summed E-state index contributed by atoms with van der Waals surface area (Å²) in [6, 6.07) is -1.04. The molecule has 0 saturated carbocycles. The molecule has 0 aromatic heterocycles. The molecule has 0 heterocycles. The second kappa shape index (κ2) is 5.53. The maximum Gasteiger partial charge on any atom is 0.321 e. The summed E-state index contributed by atoms with van der Waals surface area (Å²) in [5, 5.41) is 11.1. The first-order valence-corrected chi connectivity index (χ1v) is 4.25. The van der Waals surface area contributed by atoms with Crippen LogP contribution in [0.25, 0.3) is 0 Å². The van der Waals surface area contributed by atoms with Crippen LogP contribution in [0.4, 0.5) is 0 Å². The van der Waals surface area contributed by atoms with E-state index >= 15 is 0 Å². The van der Waals surface area contributed by atoms with Crippen LogP contribution in [-0.4, -0.2) is 29.1 Å². The number of carboxylic acid groups (broad SMARTS) is 1. The summed E-state index contributed by atoms with van der Waals surface area (Å²) in [6.07, 6.45) is 0.647. The van der Waals surface area contributed by atoms with Gasteiger partial charge in [-0.15, -0.1) is 0 Å². The van der Waals surface area contributed by atoms with Crippen LogP contribution < -0.4 is 11.1 Å². The standard InChI is InChI=1S/C8H16N2O3/c1-3-5(2)10-7(11)4-6(9)8(12)13/h5-6H,3-4,9H2,1-2H3,(H,10,11)(H,12,13). The van der Waals surface area contributed by atoms with E-state index in [0.29, 0.717) is 0 Å². The van der Waals surface area contributed by atoms with E-state index in [0.717, 1.165) is 6.42 Å². The van der Waals surface area contributed by atoms with Crippen LogP contribution in [0, 0.1) is 0 Å². The van der Waals surface area contributed by atoms with Crippen LogP contribution >= 0.6 is 0 Å². The highest BCUT2D eigenvalue weighted by Crippen LogP contribution is 1.92. The minimum atomic E-state index is -1.15. The van der Waals surface area contributed by atoms with Crippen molar-refractivity contribution in [3.63, 3.8) is 0 Å². The summed E-state index contributed by atoms with van der Waals surface area (Å²) < 4.78 is 0. The van der Waals surface area contributed by atoms with Gasteiger partial charge in [0.1, 0.15) is 6.04 Å². The van der Waals surface area contributed by atoms with E-state index in [9.17, 15) is 9.59 Å². The Morgan fingerprint density at radius 2 is 2.08 bits per heavy atom. The summed E-state index contributed by atoms with van der Waals surface area (Å²) in [6.45, 7) is 3.78. The summed E-state index contributed by atoms with van der Waals surface area (Å²) in [7, 11) is 0. The molecule has 0 rings (SSSR count). The van der Waals surface area contributed by atoms with Crippen molar-refractivity contribution in [3.8, 4) is 0 Å². The van der Waals surface area contributed by atoms with Gasteiger partial charge in [0.2, 0.25) is 5.91 Å². The minimum absolute atomic E-state index is 0.0634. The molecule has 76 valence electrons. The Morgan fingerprint density at radius 1 is 1.54 bits per heavy atom. The fourth-order valence-corrected chi connectivity index (χ4v) is 0.723. The van der Waals surface area contributed by atoms with Gasteiger partial charge in [0.25, 0.3) is 0 Å². The predicted molar refractivity (Wildman–Crippen MR) is 48.1 cm³/mol. The third-order valence-electron chi connectivity index (χ3n) is 1.74. The van der Waals surface area contributed by atoms with Crippen LogP contribution in [0.5, 0.6) is 0 Å². The molecule has 5 heteroatoms. The lowest BCUT2D eigenvalue weighted by molar-refractivity contribution is -0.140. The highest BCUT2D eigenvalue weighted by atomic mass is 16.4. The first kappa shape index (κ1) is 11.9. The molecule has 2 atom stereocenters. The van der Waals surface area contributed by atoms with Gasteiger partial charge >= 0.3 is 5.97 Å². The molecule has 2 unspecified atom stereocenters. The Bertz CT molecular complexity index is 194. The lowest BCUT2D eigenvalue weighted by Crippen LogP contribution is -2.39. The first-order valence-electron chi connectivity index (χ1n) is 4.25. The van der Waals surface area contributed by atoms with E-state index in [2.05, 4.69) is 5.32 Å². The highest BCUT2D eigenvalue weighted by molar-refractivity contribution is 5.84. The lowest BCUT2D eigenvalue weighted by Gasteiger charge is -2.12. The van der Waals surface area contributed by atoms with Crippen molar-refractivity contribution < 1.29 is 14.7 Å². The molecule has 0 spiro atoms. The van der Waals surface area contributed by atoms with E-state index in [1.54, 1.807) is 0 Å². The summed E-state index contributed by atoms with van der Waals surface area (Å²) >= 11 is 0. The smallest absolute Gasteiger partial charge is 0.321 e. The van der Waals surface area contributed by atoms with Gasteiger partial charge < -0.3 is 16.2 Å². The van der Waals surface area contributed by atoms with Crippen molar-refractivity contribution in [1.29, 1.82) is 0 Å². The molecule has 0 aliphatic heterocycles. The summed E-state index contributed by atoms with van der Waals surface area (Å²) in [5.41, 5.74) is 5.17. The molecule has 0 aromatic carbocycles. The van der Waals surface area contributed by atoms with Crippen molar-refractivity contribution in [3.05, 3.63) is 0 Å². The Kier molecular flexibility index (Phi) is 5.06. The van der Waals surface area contributed by atoms with Gasteiger partial charge in [-0.05, 0) is 13.3 Å². The van der Waals surface area contributed by atoms with E-state index < -0.39 is 12.0 Å². The number of aliphatic carboxylic acids is 1. The number of carboxylic acids is 1. The number of hydrogen-bond donors (Lipinski definition) is 3. The highest BCUT2D eigenvalue weighted by Gasteiger charge is 2.16. The van der Waals surface area contributed by atoms with Crippen molar-refractivity contribution in [2.45, 2.75) is 38.8 Å². The second-order valence-corrected chi connectivity index (χ2v) is 3.03. The van der Waals surface area contributed by atoms with Crippen molar-refractivity contribution in [2.24, 2.45) is 5.73 Å². The van der Waals surface area contributed by atoms with Crippen LogP contribution in [0.2, 0.25) is 0 Å². The third-order valence-corrected chi connectivity index (χ3v) is 1.74. The quantitative estimate of drug-likeness (QED) is 0.552. The molecule has 0 saturated heterocycles. The average molecular weight is 188 g/mol. The number of carbonyl (C=O) groups is 2. The van der Waals surface area contributed by atoms with Gasteiger partial charge in [0.15, 0.2) is 0 Å². The van der Waals surface area contributed by atoms with Crippen LogP contribution in [0.1, 0.15) is 26.7 Å². The molecule has 0 aliphatic rings. The number of carbonyl (C=O) groups excluding carboxylic acids is 1. The summed E-state index contributed by atoms with van der Waals surface area (Å²) in [4.78, 5) is 21.4. The second-order valence-electron chi connectivity index (χ2n) is 3.03. The average Bonchev–Trinajstić information content (AvgIpc) is 2.03. The van der Waals surface area contributed by atoms with Crippen LogP contribution in [-0.2, 0) is 9.59 Å². The molecule has 4 N–H and O–H groups in total. The van der Waals surface area contributed by atoms with Gasteiger partial charge in [0.05, 0.1) is 6.42 Å². The summed E-state index contributed by atoms with van der Waals surface area (Å²) in [5.74, 6) is -1.47. The van der Waals surface area contributed by atoms with Gasteiger partial charge in [-0.25, -0.2) is 0 Å². The Balaban J connectivity index is 3.81. The molecular formula is C8H16N2O3. The van der Waals surface area contributed by atoms with E-state index in [1.165, 1.54) is 0 Å². The minimum Gasteiger partial charge on any atom is -0.480 e. The molecule has 0 aromatic rings. The Morgan fingerprint density at radius 3 is 2.46 bits per heavy atom. The van der Waals surface area contributed by atoms with Gasteiger partial charge in [-0.1, -0.05) is 6.92 Å². The van der Waals surface area contributed by atoms with Crippen molar-refractivity contribution in [2.75, 3.05) is 0 Å². The largest absolute Gasteiger partial charge is 0.480 e. The normalized spacial score (nSPS) is 14.7. The molecular weight excluding hydrogens is 172 g/mol. The first-order chi connectivity index (χ1) is 5.97. The van der Waals surface area contributed by atoms with E-state index in [1.807, 2.05) is 13.8 Å². The van der Waals surface area contributed by atoms with Crippen LogP contribution in [0.15, 0.2) is 0 Å². The fraction of sp³-hybridized carbons (Fsp3) is 0.750. The topological polar surface area (TPSA) is 92.4 Å². The number of nitrogens with one attached hydrogen (secondary N) is 1. The maximum absolute atomic E-state index is 11.1. The monoisotopic (exact) mass is 188 g/mol. The zero-order chi connectivity index (χ0) is 10.4. The van der Waals surface area contributed by atoms with Gasteiger partial charge in [-0.2, -0.15) is 0 Å². The van der Waals surface area contributed by atoms with Gasteiger partial charge in [0, 0.05) is 6.04 Å². The van der Waals surface area contributed by atoms with Gasteiger partial charge in [-0.3, -0.25) is 9.59 Å². The molecule has 0 bridgehead atoms. The van der Waals surface area contributed by atoms with E-state index in [-0.39, 0.29) is 18.4 Å². The zero-order valence-electron chi connectivity index (χ0n) is 7.91. The number of amides is 1. The molecule has 0 radical (unpaired) electrons. The van der Waals surface area contributed by atoms with E-state index in [4.69, 9.17) is 10.8 Å². The number of nitrogens with two attached hydrogens (primary N) is 1. The Labute approximate surface area is 77.3 Å². The molecule has 5 nitrogen and oxygen atoms in total. The zero-order valence-corrected chi connectivity index (χ0v) is 7.91. The van der Waals surface area contributed by atoms with Crippen molar-refractivity contribution in [1.82, 2.24) is 5.32 Å². The lowest BCUT2D eigenvalue weighted by atomic mass is 10.2. The molecule has 0 aliphatic carbocycles. The number of rotatable bonds is 5. The number of hydrogen-bond acceptors (Lipinski definition) is 3. The maximum atomic E-state index is 11.1. The SMILES string of the molecule is CCC(C)NC(=O)CC(N)C(=O)O. The van der Waals surface area contributed by atoms with Crippen LogP contribution in [0.3, 0.4) is 0 Å². The Hall–Kier alpha value is -1.10. The fourth-order valence-electron chi connectivity index (χ4n) is 0.723.